The van der Waals surface area contributed by atoms with Crippen LogP contribution in [-0.2, 0) is 11.2 Å². The van der Waals surface area contributed by atoms with Gasteiger partial charge >= 0.3 is 0 Å². The van der Waals surface area contributed by atoms with Crippen molar-refractivity contribution in [3.8, 4) is 0 Å². The third-order valence-corrected chi connectivity index (χ3v) is 3.83. The minimum Gasteiger partial charge on any atom is -0.350 e. The van der Waals surface area contributed by atoms with Gasteiger partial charge in [-0.2, -0.15) is 0 Å². The summed E-state index contributed by atoms with van der Waals surface area (Å²) >= 11 is 0. The molecule has 23 heavy (non-hydrogen) atoms. The van der Waals surface area contributed by atoms with Gasteiger partial charge in [-0.15, -0.1) is 0 Å². The fraction of sp³-hybridized carbons (Fsp3) is 0.294. The van der Waals surface area contributed by atoms with E-state index in [9.17, 15) is 9.59 Å². The van der Waals surface area contributed by atoms with Gasteiger partial charge in [0.15, 0.2) is 0 Å². The van der Waals surface area contributed by atoms with Crippen LogP contribution in [-0.4, -0.2) is 34.9 Å². The van der Waals surface area contributed by atoms with Crippen molar-refractivity contribution in [2.45, 2.75) is 19.3 Å². The van der Waals surface area contributed by atoms with Crippen LogP contribution < -0.4 is 10.2 Å². The van der Waals surface area contributed by atoms with Crippen LogP contribution in [0.25, 0.3) is 0 Å². The van der Waals surface area contributed by atoms with Crippen LogP contribution >= 0.6 is 0 Å². The summed E-state index contributed by atoms with van der Waals surface area (Å²) in [6.07, 6.45) is 6.61. The first kappa shape index (κ1) is 15.1. The first-order chi connectivity index (χ1) is 11.3. The molecule has 0 saturated heterocycles. The minimum atomic E-state index is -0.315. The number of aryl methyl sites for hydroxylation is 1. The fourth-order valence-electron chi connectivity index (χ4n) is 2.72. The monoisotopic (exact) mass is 310 g/mol. The number of amides is 2. The summed E-state index contributed by atoms with van der Waals surface area (Å²) in [5.74, 6) is -0.290. The smallest absolute Gasteiger partial charge is 0.271 e. The van der Waals surface area contributed by atoms with Crippen LogP contribution in [0.4, 0.5) is 5.69 Å². The highest BCUT2D eigenvalue weighted by molar-refractivity contribution is 5.95. The Morgan fingerprint density at radius 1 is 1.22 bits per heavy atom. The van der Waals surface area contributed by atoms with Gasteiger partial charge in [0.1, 0.15) is 5.69 Å². The average Bonchev–Trinajstić information content (AvgIpc) is 2.61. The van der Waals surface area contributed by atoms with Crippen molar-refractivity contribution >= 4 is 17.5 Å². The highest BCUT2D eigenvalue weighted by atomic mass is 16.2. The van der Waals surface area contributed by atoms with Crippen molar-refractivity contribution in [2.24, 2.45) is 0 Å². The molecule has 0 radical (unpaired) electrons. The second-order valence-electron chi connectivity index (χ2n) is 5.37. The molecule has 1 aromatic heterocycles. The van der Waals surface area contributed by atoms with Gasteiger partial charge in [0.05, 0.1) is 6.20 Å². The molecule has 0 saturated carbocycles. The second-order valence-corrected chi connectivity index (χ2v) is 5.37. The SMILES string of the molecule is O=C(NCCC(=O)N1CCCc2ccccc21)c1cnccn1. The zero-order valence-electron chi connectivity index (χ0n) is 12.7. The van der Waals surface area contributed by atoms with E-state index in [-0.39, 0.29) is 30.5 Å². The van der Waals surface area contributed by atoms with Crippen LogP contribution in [0.3, 0.4) is 0 Å². The van der Waals surface area contributed by atoms with Gasteiger partial charge in [-0.1, -0.05) is 18.2 Å². The summed E-state index contributed by atoms with van der Waals surface area (Å²) in [6.45, 7) is 1.01. The van der Waals surface area contributed by atoms with Gasteiger partial charge in [0.25, 0.3) is 5.91 Å². The maximum Gasteiger partial charge on any atom is 0.271 e. The molecule has 0 aliphatic carbocycles. The highest BCUT2D eigenvalue weighted by Crippen LogP contribution is 2.26. The number of aromatic nitrogens is 2. The summed E-state index contributed by atoms with van der Waals surface area (Å²) < 4.78 is 0. The molecule has 1 aliphatic rings. The number of nitrogens with one attached hydrogen (secondary N) is 1. The molecule has 2 amide bonds. The molecule has 1 aromatic carbocycles. The van der Waals surface area contributed by atoms with Gasteiger partial charge in [0, 0.05) is 37.6 Å². The maximum atomic E-state index is 12.4. The molecule has 2 aromatic rings. The van der Waals surface area contributed by atoms with Crippen molar-refractivity contribution in [1.82, 2.24) is 15.3 Å². The van der Waals surface area contributed by atoms with E-state index in [0.29, 0.717) is 0 Å². The van der Waals surface area contributed by atoms with Crippen LogP contribution in [0, 0.1) is 0 Å². The van der Waals surface area contributed by atoms with Crippen LogP contribution in [0.1, 0.15) is 28.9 Å². The van der Waals surface area contributed by atoms with E-state index in [1.807, 2.05) is 23.1 Å². The number of fused-ring (bicyclic) bond motifs is 1. The number of carbonyl (C=O) groups excluding carboxylic acids is 2. The normalized spacial score (nSPS) is 13.3. The predicted octanol–water partition coefficient (Wildman–Crippen LogP) is 1.58. The molecule has 1 aliphatic heterocycles. The molecule has 2 heterocycles. The first-order valence-corrected chi connectivity index (χ1v) is 7.68. The Balaban J connectivity index is 1.55. The second kappa shape index (κ2) is 7.00. The van der Waals surface area contributed by atoms with Crippen LogP contribution in [0.15, 0.2) is 42.9 Å². The molecular weight excluding hydrogens is 292 g/mol. The van der Waals surface area contributed by atoms with Gasteiger partial charge < -0.3 is 10.2 Å². The van der Waals surface area contributed by atoms with Crippen molar-refractivity contribution in [2.75, 3.05) is 18.0 Å². The van der Waals surface area contributed by atoms with E-state index in [2.05, 4.69) is 21.4 Å². The molecule has 6 heteroatoms. The van der Waals surface area contributed by atoms with Gasteiger partial charge in [-0.3, -0.25) is 14.6 Å². The fourth-order valence-corrected chi connectivity index (χ4v) is 2.72. The van der Waals surface area contributed by atoms with Gasteiger partial charge in [-0.25, -0.2) is 4.98 Å². The minimum absolute atomic E-state index is 0.0246. The number of hydrogen-bond donors (Lipinski definition) is 1. The Morgan fingerprint density at radius 3 is 2.91 bits per heavy atom. The lowest BCUT2D eigenvalue weighted by Gasteiger charge is -2.29. The lowest BCUT2D eigenvalue weighted by molar-refractivity contribution is -0.118. The number of para-hydroxylation sites is 1. The summed E-state index contributed by atoms with van der Waals surface area (Å²) in [5.41, 5.74) is 2.45. The highest BCUT2D eigenvalue weighted by Gasteiger charge is 2.21. The molecule has 0 atom stereocenters. The summed E-state index contributed by atoms with van der Waals surface area (Å²) in [4.78, 5) is 33.9. The van der Waals surface area contributed by atoms with Gasteiger partial charge in [0.2, 0.25) is 5.91 Å². The molecule has 6 nitrogen and oxygen atoms in total. The van der Waals surface area contributed by atoms with E-state index in [1.165, 1.54) is 24.2 Å². The standard InChI is InChI=1S/C17H18N4O2/c22-16(7-8-20-17(23)14-12-18-9-10-19-14)21-11-3-5-13-4-1-2-6-15(13)21/h1-2,4,6,9-10,12H,3,5,7-8,11H2,(H,20,23). The number of hydrogen-bond acceptors (Lipinski definition) is 4. The molecule has 0 bridgehead atoms. The van der Waals surface area contributed by atoms with Crippen molar-refractivity contribution in [3.63, 3.8) is 0 Å². The Kier molecular flexibility index (Phi) is 4.61. The molecule has 0 spiro atoms. The number of benzene rings is 1. The predicted molar refractivity (Wildman–Crippen MR) is 86.1 cm³/mol. The third kappa shape index (κ3) is 3.53. The number of rotatable bonds is 4. The van der Waals surface area contributed by atoms with E-state index < -0.39 is 0 Å². The average molecular weight is 310 g/mol. The molecule has 0 fully saturated rings. The molecule has 118 valence electrons. The maximum absolute atomic E-state index is 12.4. The third-order valence-electron chi connectivity index (χ3n) is 3.83. The van der Waals surface area contributed by atoms with Crippen LogP contribution in [0.2, 0.25) is 0 Å². The Labute approximate surface area is 134 Å². The number of anilines is 1. The largest absolute Gasteiger partial charge is 0.350 e. The zero-order valence-corrected chi connectivity index (χ0v) is 12.7. The Bertz CT molecular complexity index is 703. The molecule has 0 unspecified atom stereocenters. The Hall–Kier alpha value is -2.76. The lowest BCUT2D eigenvalue weighted by Crippen LogP contribution is -2.37. The van der Waals surface area contributed by atoms with Crippen molar-refractivity contribution in [3.05, 3.63) is 54.1 Å². The topological polar surface area (TPSA) is 75.2 Å². The van der Waals surface area contributed by atoms with Crippen molar-refractivity contribution < 1.29 is 9.59 Å². The first-order valence-electron chi connectivity index (χ1n) is 7.68. The van der Waals surface area contributed by atoms with E-state index in [1.54, 1.807) is 0 Å². The lowest BCUT2D eigenvalue weighted by atomic mass is 10.0. The summed E-state index contributed by atoms with van der Waals surface area (Å²) in [7, 11) is 0. The summed E-state index contributed by atoms with van der Waals surface area (Å²) in [6, 6.07) is 7.98. The summed E-state index contributed by atoms with van der Waals surface area (Å²) in [5, 5.41) is 2.70. The molecule has 3 rings (SSSR count). The van der Waals surface area contributed by atoms with Gasteiger partial charge in [-0.05, 0) is 24.5 Å². The van der Waals surface area contributed by atoms with Crippen molar-refractivity contribution in [1.29, 1.82) is 0 Å². The zero-order chi connectivity index (χ0) is 16.1. The molecule has 1 N–H and O–H groups in total. The Morgan fingerprint density at radius 2 is 2.09 bits per heavy atom. The molecular formula is C17H18N4O2. The van der Waals surface area contributed by atoms with E-state index in [4.69, 9.17) is 0 Å². The number of carbonyl (C=O) groups is 2. The van der Waals surface area contributed by atoms with E-state index >= 15 is 0 Å². The van der Waals surface area contributed by atoms with E-state index in [0.717, 1.165) is 25.1 Å². The van der Waals surface area contributed by atoms with Crippen LogP contribution in [0.5, 0.6) is 0 Å². The quantitative estimate of drug-likeness (QED) is 0.930. The number of nitrogens with zero attached hydrogens (tertiary/aromatic N) is 3.